The summed E-state index contributed by atoms with van der Waals surface area (Å²) in [6.07, 6.45) is 3.90. The van der Waals surface area contributed by atoms with E-state index in [2.05, 4.69) is 15.6 Å². The first kappa shape index (κ1) is 13.8. The van der Waals surface area contributed by atoms with Gasteiger partial charge in [-0.1, -0.05) is 5.21 Å². The molecule has 1 amide bonds. The Labute approximate surface area is 114 Å². The molecule has 0 spiro atoms. The first-order valence-corrected chi connectivity index (χ1v) is 6.03. The molecule has 0 saturated heterocycles. The molecule has 8 nitrogen and oxygen atoms in total. The fourth-order valence-corrected chi connectivity index (χ4v) is 1.60. The summed E-state index contributed by atoms with van der Waals surface area (Å²) in [5.41, 5.74) is 0.512. The van der Waals surface area contributed by atoms with Gasteiger partial charge >= 0.3 is 5.97 Å². The molecular weight excluding hydrogens is 264 g/mol. The second-order valence-electron chi connectivity index (χ2n) is 4.16. The van der Waals surface area contributed by atoms with Crippen LogP contribution in [0, 0.1) is 0 Å². The predicted molar refractivity (Wildman–Crippen MR) is 66.5 cm³/mol. The Kier molecular flexibility index (Phi) is 4.48. The van der Waals surface area contributed by atoms with E-state index >= 15 is 0 Å². The first-order valence-electron chi connectivity index (χ1n) is 6.03. The van der Waals surface area contributed by atoms with E-state index in [4.69, 9.17) is 9.52 Å². The Morgan fingerprint density at radius 2 is 2.30 bits per heavy atom. The van der Waals surface area contributed by atoms with Crippen LogP contribution in [0.3, 0.4) is 0 Å². The van der Waals surface area contributed by atoms with E-state index in [-0.39, 0.29) is 19.0 Å². The van der Waals surface area contributed by atoms with Crippen LogP contribution in [0.1, 0.15) is 17.9 Å². The van der Waals surface area contributed by atoms with Gasteiger partial charge in [-0.25, -0.2) is 4.68 Å². The van der Waals surface area contributed by atoms with Crippen LogP contribution in [0.4, 0.5) is 0 Å². The molecular formula is C12H14N4O4. The number of rotatable bonds is 7. The second kappa shape index (κ2) is 6.50. The Balaban J connectivity index is 1.72. The molecule has 2 rings (SSSR count). The zero-order chi connectivity index (χ0) is 14.4. The average molecular weight is 278 g/mol. The number of carboxylic acid groups (broad SMARTS) is 1. The smallest absolute Gasteiger partial charge is 0.325 e. The van der Waals surface area contributed by atoms with Crippen LogP contribution in [0.25, 0.3) is 0 Å². The summed E-state index contributed by atoms with van der Waals surface area (Å²) in [6, 6.07) is 3.58. The van der Waals surface area contributed by atoms with Gasteiger partial charge in [0.25, 0.3) is 0 Å². The molecule has 0 fully saturated rings. The van der Waals surface area contributed by atoms with E-state index in [0.29, 0.717) is 18.5 Å². The summed E-state index contributed by atoms with van der Waals surface area (Å²) in [7, 11) is 0. The van der Waals surface area contributed by atoms with Crippen LogP contribution in [-0.2, 0) is 29.1 Å². The molecule has 2 aromatic heterocycles. The van der Waals surface area contributed by atoms with Gasteiger partial charge in [0, 0.05) is 12.8 Å². The van der Waals surface area contributed by atoms with Crippen molar-refractivity contribution < 1.29 is 19.1 Å². The molecule has 20 heavy (non-hydrogen) atoms. The number of nitrogens with one attached hydrogen (secondary N) is 1. The van der Waals surface area contributed by atoms with Crippen LogP contribution in [0.2, 0.25) is 0 Å². The van der Waals surface area contributed by atoms with Crippen molar-refractivity contribution in [3.63, 3.8) is 0 Å². The van der Waals surface area contributed by atoms with E-state index in [9.17, 15) is 9.59 Å². The maximum absolute atomic E-state index is 11.6. The quantitative estimate of drug-likeness (QED) is 0.748. The molecule has 0 aromatic carbocycles. The van der Waals surface area contributed by atoms with Crippen molar-refractivity contribution in [2.45, 2.75) is 25.9 Å². The van der Waals surface area contributed by atoms with Crippen LogP contribution in [-0.4, -0.2) is 32.0 Å². The van der Waals surface area contributed by atoms with Gasteiger partial charge in [0.15, 0.2) is 0 Å². The van der Waals surface area contributed by atoms with Crippen molar-refractivity contribution in [2.75, 3.05) is 0 Å². The molecule has 2 N–H and O–H groups in total. The van der Waals surface area contributed by atoms with Gasteiger partial charge in [0.1, 0.15) is 18.0 Å². The maximum atomic E-state index is 11.6. The average Bonchev–Trinajstić information content (AvgIpc) is 3.04. The number of aromatic nitrogens is 3. The van der Waals surface area contributed by atoms with Crippen molar-refractivity contribution in [1.29, 1.82) is 0 Å². The van der Waals surface area contributed by atoms with Gasteiger partial charge in [-0.15, -0.1) is 5.10 Å². The maximum Gasteiger partial charge on any atom is 0.325 e. The van der Waals surface area contributed by atoms with Crippen LogP contribution in [0.5, 0.6) is 0 Å². The largest absolute Gasteiger partial charge is 0.480 e. The highest BCUT2D eigenvalue weighted by Gasteiger charge is 2.07. The van der Waals surface area contributed by atoms with Crippen molar-refractivity contribution in [3.05, 3.63) is 36.0 Å². The monoisotopic (exact) mass is 278 g/mol. The third-order valence-corrected chi connectivity index (χ3v) is 2.53. The Hall–Kier alpha value is -2.64. The summed E-state index contributed by atoms with van der Waals surface area (Å²) in [4.78, 5) is 22.1. The number of furan rings is 1. The van der Waals surface area contributed by atoms with Gasteiger partial charge in [-0.05, 0) is 12.1 Å². The summed E-state index contributed by atoms with van der Waals surface area (Å²) < 4.78 is 6.33. The number of carboxylic acids is 1. The summed E-state index contributed by atoms with van der Waals surface area (Å²) >= 11 is 0. The molecule has 0 bridgehead atoms. The molecule has 2 heterocycles. The van der Waals surface area contributed by atoms with Crippen molar-refractivity contribution in [2.24, 2.45) is 0 Å². The molecule has 0 saturated carbocycles. The number of hydrogen-bond acceptors (Lipinski definition) is 5. The third-order valence-electron chi connectivity index (χ3n) is 2.53. The molecule has 0 aliphatic carbocycles. The Morgan fingerprint density at radius 3 is 3.00 bits per heavy atom. The molecule has 0 atom stereocenters. The predicted octanol–water partition coefficient (Wildman–Crippen LogP) is 0.205. The second-order valence-corrected chi connectivity index (χ2v) is 4.16. The first-order chi connectivity index (χ1) is 9.63. The molecule has 0 radical (unpaired) electrons. The third kappa shape index (κ3) is 4.23. The van der Waals surface area contributed by atoms with Gasteiger partial charge in [-0.3, -0.25) is 9.59 Å². The number of aryl methyl sites for hydroxylation is 1. The molecule has 0 aliphatic heterocycles. The number of amides is 1. The number of carbonyl (C=O) groups is 2. The molecule has 2 aromatic rings. The number of carbonyl (C=O) groups excluding carboxylic acids is 1. The molecule has 0 unspecified atom stereocenters. The molecule has 106 valence electrons. The molecule has 0 aliphatic rings. The number of nitrogens with zero attached hydrogens (tertiary/aromatic N) is 3. The summed E-state index contributed by atoms with van der Waals surface area (Å²) in [5.74, 6) is -0.370. The molecule has 8 heteroatoms. The fourth-order valence-electron chi connectivity index (χ4n) is 1.60. The van der Waals surface area contributed by atoms with E-state index in [0.717, 1.165) is 5.76 Å². The summed E-state index contributed by atoms with van der Waals surface area (Å²) in [6.45, 7) is -0.0317. The lowest BCUT2D eigenvalue weighted by atomic mass is 10.2. The highest BCUT2D eigenvalue weighted by molar-refractivity contribution is 5.76. The lowest BCUT2D eigenvalue weighted by Gasteiger charge is -2.01. The zero-order valence-corrected chi connectivity index (χ0v) is 10.7. The minimum absolute atomic E-state index is 0.130. The van der Waals surface area contributed by atoms with Crippen LogP contribution >= 0.6 is 0 Å². The topological polar surface area (TPSA) is 110 Å². The lowest BCUT2D eigenvalue weighted by molar-refractivity contribution is -0.138. The summed E-state index contributed by atoms with van der Waals surface area (Å²) in [5, 5.41) is 18.7. The van der Waals surface area contributed by atoms with Crippen LogP contribution < -0.4 is 5.32 Å². The fraction of sp³-hybridized carbons (Fsp3) is 0.333. The van der Waals surface area contributed by atoms with E-state index in [1.54, 1.807) is 12.3 Å². The van der Waals surface area contributed by atoms with Gasteiger partial charge in [0.05, 0.1) is 19.0 Å². The highest BCUT2D eigenvalue weighted by atomic mass is 16.4. The van der Waals surface area contributed by atoms with Crippen LogP contribution in [0.15, 0.2) is 29.0 Å². The minimum Gasteiger partial charge on any atom is -0.480 e. The van der Waals surface area contributed by atoms with E-state index < -0.39 is 5.97 Å². The Morgan fingerprint density at radius 1 is 1.45 bits per heavy atom. The number of aliphatic carboxylic acids is 1. The van der Waals surface area contributed by atoms with E-state index in [1.165, 1.54) is 10.9 Å². The van der Waals surface area contributed by atoms with Gasteiger partial charge in [0.2, 0.25) is 5.91 Å². The SMILES string of the molecule is O=C(O)Cn1cc(CNC(=O)CCc2ccco2)nn1. The van der Waals surface area contributed by atoms with Gasteiger partial charge in [-0.2, -0.15) is 0 Å². The number of hydrogen-bond donors (Lipinski definition) is 2. The van der Waals surface area contributed by atoms with Crippen molar-refractivity contribution >= 4 is 11.9 Å². The highest BCUT2D eigenvalue weighted by Crippen LogP contribution is 2.03. The van der Waals surface area contributed by atoms with E-state index in [1.807, 2.05) is 6.07 Å². The minimum atomic E-state index is -0.996. The van der Waals surface area contributed by atoms with Crippen molar-refractivity contribution in [1.82, 2.24) is 20.3 Å². The van der Waals surface area contributed by atoms with Crippen molar-refractivity contribution in [3.8, 4) is 0 Å². The lowest BCUT2D eigenvalue weighted by Crippen LogP contribution is -2.23. The normalized spacial score (nSPS) is 10.4. The Bertz CT molecular complexity index is 576. The standard InChI is InChI=1S/C12H14N4O4/c17-11(4-3-10-2-1-5-20-10)13-6-9-7-16(15-14-9)8-12(18)19/h1-2,5,7H,3-4,6,8H2,(H,13,17)(H,18,19). The van der Waals surface area contributed by atoms with Gasteiger partial charge < -0.3 is 14.8 Å². The zero-order valence-electron chi connectivity index (χ0n) is 10.7.